The van der Waals surface area contributed by atoms with E-state index >= 15 is 0 Å². The number of nitro groups is 1. The quantitative estimate of drug-likeness (QED) is 0.604. The number of nitrogens with one attached hydrogen (secondary N) is 1. The van der Waals surface area contributed by atoms with Gasteiger partial charge in [-0.2, -0.15) is 0 Å². The molecule has 21 heavy (non-hydrogen) atoms. The van der Waals surface area contributed by atoms with Crippen LogP contribution in [-0.4, -0.2) is 16.1 Å². The van der Waals surface area contributed by atoms with E-state index in [1.165, 1.54) is 18.4 Å². The molecule has 0 aliphatic carbocycles. The highest BCUT2D eigenvalue weighted by molar-refractivity contribution is 5.32. The van der Waals surface area contributed by atoms with E-state index in [9.17, 15) is 15.2 Å². The van der Waals surface area contributed by atoms with Crippen molar-refractivity contribution in [1.82, 2.24) is 5.32 Å². The Labute approximate surface area is 122 Å². The minimum atomic E-state index is -0.639. The summed E-state index contributed by atoms with van der Waals surface area (Å²) in [4.78, 5) is 10.1. The SMILES string of the molecule is CC(CC(O)c1ccco1)NCc1ccc([N+](=O)[O-])cc1. The molecule has 0 amide bonds. The van der Waals surface area contributed by atoms with Crippen LogP contribution in [0.25, 0.3) is 0 Å². The smallest absolute Gasteiger partial charge is 0.269 e. The van der Waals surface area contributed by atoms with E-state index in [0.29, 0.717) is 18.7 Å². The molecule has 112 valence electrons. The van der Waals surface area contributed by atoms with Crippen molar-refractivity contribution in [2.24, 2.45) is 0 Å². The molecule has 0 fully saturated rings. The van der Waals surface area contributed by atoms with Crippen LogP contribution >= 0.6 is 0 Å². The first-order valence-electron chi connectivity index (χ1n) is 6.74. The molecule has 0 aliphatic heterocycles. The molecule has 0 radical (unpaired) electrons. The van der Waals surface area contributed by atoms with Crippen LogP contribution in [0.15, 0.2) is 47.1 Å². The van der Waals surface area contributed by atoms with Gasteiger partial charge in [-0.15, -0.1) is 0 Å². The van der Waals surface area contributed by atoms with Crippen LogP contribution in [0.1, 0.15) is 30.8 Å². The number of furan rings is 1. The Morgan fingerprint density at radius 2 is 2.05 bits per heavy atom. The van der Waals surface area contributed by atoms with Gasteiger partial charge in [-0.3, -0.25) is 10.1 Å². The fourth-order valence-electron chi connectivity index (χ4n) is 2.04. The van der Waals surface area contributed by atoms with Gasteiger partial charge in [-0.05, 0) is 31.0 Å². The summed E-state index contributed by atoms with van der Waals surface area (Å²) in [6, 6.07) is 9.99. The largest absolute Gasteiger partial charge is 0.467 e. The van der Waals surface area contributed by atoms with Crippen LogP contribution in [0.3, 0.4) is 0 Å². The van der Waals surface area contributed by atoms with Crippen LogP contribution in [0, 0.1) is 10.1 Å². The van der Waals surface area contributed by atoms with Crippen molar-refractivity contribution < 1.29 is 14.4 Å². The lowest BCUT2D eigenvalue weighted by molar-refractivity contribution is -0.384. The number of hydrogen-bond donors (Lipinski definition) is 2. The normalized spacial score (nSPS) is 13.8. The molecule has 2 rings (SSSR count). The molecule has 6 nitrogen and oxygen atoms in total. The molecule has 2 N–H and O–H groups in total. The van der Waals surface area contributed by atoms with E-state index in [1.807, 2.05) is 6.92 Å². The van der Waals surface area contributed by atoms with Crippen molar-refractivity contribution >= 4 is 5.69 Å². The Morgan fingerprint density at radius 1 is 1.33 bits per heavy atom. The average Bonchev–Trinajstić information content (AvgIpc) is 3.00. The molecule has 0 spiro atoms. The van der Waals surface area contributed by atoms with Crippen LogP contribution in [0.5, 0.6) is 0 Å². The number of rotatable bonds is 7. The number of nitrogens with zero attached hydrogens (tertiary/aromatic N) is 1. The molecule has 0 saturated heterocycles. The lowest BCUT2D eigenvalue weighted by Gasteiger charge is -2.16. The maximum Gasteiger partial charge on any atom is 0.269 e. The second kappa shape index (κ2) is 7.01. The van der Waals surface area contributed by atoms with Crippen LogP contribution in [-0.2, 0) is 6.54 Å². The first-order chi connectivity index (χ1) is 10.1. The summed E-state index contributed by atoms with van der Waals surface area (Å²) in [5.41, 5.74) is 1.04. The maximum atomic E-state index is 10.6. The number of nitro benzene ring substituents is 1. The summed E-state index contributed by atoms with van der Waals surface area (Å²) in [5, 5.41) is 23.8. The summed E-state index contributed by atoms with van der Waals surface area (Å²) in [5.74, 6) is 0.555. The fourth-order valence-corrected chi connectivity index (χ4v) is 2.04. The highest BCUT2D eigenvalue weighted by Crippen LogP contribution is 2.18. The van der Waals surface area contributed by atoms with Gasteiger partial charge in [0, 0.05) is 24.7 Å². The molecule has 1 heterocycles. The molecule has 2 unspecified atom stereocenters. The van der Waals surface area contributed by atoms with Crippen molar-refractivity contribution in [1.29, 1.82) is 0 Å². The molecule has 0 saturated carbocycles. The van der Waals surface area contributed by atoms with E-state index in [0.717, 1.165) is 5.56 Å². The van der Waals surface area contributed by atoms with Gasteiger partial charge < -0.3 is 14.8 Å². The first-order valence-corrected chi connectivity index (χ1v) is 6.74. The summed E-state index contributed by atoms with van der Waals surface area (Å²) in [6.07, 6.45) is 1.42. The second-order valence-corrected chi connectivity index (χ2v) is 4.97. The fraction of sp³-hybridized carbons (Fsp3) is 0.333. The number of benzene rings is 1. The van der Waals surface area contributed by atoms with Gasteiger partial charge in [0.15, 0.2) is 0 Å². The van der Waals surface area contributed by atoms with Crippen molar-refractivity contribution in [2.45, 2.75) is 32.0 Å². The van der Waals surface area contributed by atoms with E-state index in [-0.39, 0.29) is 11.7 Å². The summed E-state index contributed by atoms with van der Waals surface area (Å²) >= 11 is 0. The third-order valence-corrected chi connectivity index (χ3v) is 3.25. The van der Waals surface area contributed by atoms with Gasteiger partial charge >= 0.3 is 0 Å². The minimum absolute atomic E-state index is 0.0834. The number of non-ortho nitro benzene ring substituents is 1. The third-order valence-electron chi connectivity index (χ3n) is 3.25. The molecule has 0 aliphatic rings. The van der Waals surface area contributed by atoms with Gasteiger partial charge in [-0.25, -0.2) is 0 Å². The number of hydrogen-bond acceptors (Lipinski definition) is 5. The van der Waals surface area contributed by atoms with Gasteiger partial charge in [-0.1, -0.05) is 12.1 Å². The van der Waals surface area contributed by atoms with Gasteiger partial charge in [0.1, 0.15) is 11.9 Å². The Kier molecular flexibility index (Phi) is 5.08. The van der Waals surface area contributed by atoms with Crippen molar-refractivity contribution in [3.63, 3.8) is 0 Å². The Hall–Kier alpha value is -2.18. The zero-order chi connectivity index (χ0) is 15.2. The summed E-state index contributed by atoms with van der Waals surface area (Å²) < 4.78 is 5.15. The highest BCUT2D eigenvalue weighted by Gasteiger charge is 2.14. The van der Waals surface area contributed by atoms with Crippen LogP contribution < -0.4 is 5.32 Å². The summed E-state index contributed by atoms with van der Waals surface area (Å²) in [7, 11) is 0. The van der Waals surface area contributed by atoms with Gasteiger partial charge in [0.05, 0.1) is 11.2 Å². The van der Waals surface area contributed by atoms with E-state index in [2.05, 4.69) is 5.32 Å². The predicted molar refractivity (Wildman–Crippen MR) is 77.7 cm³/mol. The Bertz CT molecular complexity index is 566. The average molecular weight is 290 g/mol. The molecule has 6 heteroatoms. The lowest BCUT2D eigenvalue weighted by Crippen LogP contribution is -2.27. The zero-order valence-electron chi connectivity index (χ0n) is 11.7. The second-order valence-electron chi connectivity index (χ2n) is 4.97. The van der Waals surface area contributed by atoms with Crippen molar-refractivity contribution in [3.8, 4) is 0 Å². The Morgan fingerprint density at radius 3 is 2.62 bits per heavy atom. The van der Waals surface area contributed by atoms with Crippen molar-refractivity contribution in [2.75, 3.05) is 0 Å². The van der Waals surface area contributed by atoms with Gasteiger partial charge in [0.2, 0.25) is 0 Å². The van der Waals surface area contributed by atoms with E-state index in [1.54, 1.807) is 24.3 Å². The van der Waals surface area contributed by atoms with Crippen molar-refractivity contribution in [3.05, 3.63) is 64.1 Å². The van der Waals surface area contributed by atoms with E-state index in [4.69, 9.17) is 4.42 Å². The molecule has 2 aromatic rings. The lowest BCUT2D eigenvalue weighted by atomic mass is 10.1. The first kappa shape index (κ1) is 15.2. The standard InChI is InChI=1S/C15H18N2O4/c1-11(9-14(18)15-3-2-8-21-15)16-10-12-4-6-13(7-5-12)17(19)20/h2-8,11,14,16,18H,9-10H2,1H3. The van der Waals surface area contributed by atoms with E-state index < -0.39 is 11.0 Å². The monoisotopic (exact) mass is 290 g/mol. The highest BCUT2D eigenvalue weighted by atomic mass is 16.6. The van der Waals surface area contributed by atoms with Crippen LogP contribution in [0.4, 0.5) is 5.69 Å². The molecule has 1 aromatic carbocycles. The molecular formula is C15H18N2O4. The molecule has 1 aromatic heterocycles. The molecular weight excluding hydrogens is 272 g/mol. The minimum Gasteiger partial charge on any atom is -0.467 e. The molecule has 0 bridgehead atoms. The van der Waals surface area contributed by atoms with Gasteiger partial charge in [0.25, 0.3) is 5.69 Å². The van der Waals surface area contributed by atoms with Crippen LogP contribution in [0.2, 0.25) is 0 Å². The summed E-state index contributed by atoms with van der Waals surface area (Å²) in [6.45, 7) is 2.56. The predicted octanol–water partition coefficient (Wildman–Crippen LogP) is 2.79. The maximum absolute atomic E-state index is 10.6. The zero-order valence-corrected chi connectivity index (χ0v) is 11.7. The Balaban J connectivity index is 1.80. The third kappa shape index (κ3) is 4.40. The number of aliphatic hydroxyl groups excluding tert-OH is 1. The topological polar surface area (TPSA) is 88.5 Å². The molecule has 2 atom stereocenters. The number of aliphatic hydroxyl groups is 1.